The Morgan fingerprint density at radius 2 is 1.91 bits per heavy atom. The third-order valence-electron chi connectivity index (χ3n) is 4.80. The van der Waals surface area contributed by atoms with Gasteiger partial charge in [-0.1, -0.05) is 18.2 Å². The second kappa shape index (κ2) is 8.31. The molecule has 2 saturated heterocycles. The maximum absolute atomic E-state index is 12.6. The van der Waals surface area contributed by atoms with Crippen molar-refractivity contribution in [3.8, 4) is 0 Å². The SMILES string of the molecule is O=C(Nc1ccccc1)N1CCCC[C@@H]1CCN1CCOCC1. The van der Waals surface area contributed by atoms with E-state index in [0.717, 1.165) is 64.3 Å². The van der Waals surface area contributed by atoms with E-state index in [4.69, 9.17) is 4.74 Å². The predicted octanol–water partition coefficient (Wildman–Crippen LogP) is 2.80. The molecule has 1 aromatic rings. The Bertz CT molecular complexity index is 488. The first kappa shape index (κ1) is 16.3. The Morgan fingerprint density at radius 1 is 1.13 bits per heavy atom. The standard InChI is InChI=1S/C18H27N3O2/c22-18(19-16-6-2-1-3-7-16)21-10-5-4-8-17(21)9-11-20-12-14-23-15-13-20/h1-3,6-7,17H,4-5,8-15H2,(H,19,22)/t17-/m1/s1. The molecule has 2 aliphatic rings. The van der Waals surface area contributed by atoms with Gasteiger partial charge in [0.2, 0.25) is 0 Å². The number of likely N-dealkylation sites (tertiary alicyclic amines) is 1. The Morgan fingerprint density at radius 3 is 2.70 bits per heavy atom. The second-order valence-electron chi connectivity index (χ2n) is 6.38. The van der Waals surface area contributed by atoms with Crippen LogP contribution >= 0.6 is 0 Å². The van der Waals surface area contributed by atoms with Crippen molar-refractivity contribution in [3.05, 3.63) is 30.3 Å². The van der Waals surface area contributed by atoms with Crippen molar-refractivity contribution >= 4 is 11.7 Å². The molecule has 2 aliphatic heterocycles. The molecule has 1 atom stereocenters. The van der Waals surface area contributed by atoms with Crippen molar-refractivity contribution in [2.24, 2.45) is 0 Å². The lowest BCUT2D eigenvalue weighted by Crippen LogP contribution is -2.48. The molecule has 5 heteroatoms. The van der Waals surface area contributed by atoms with E-state index in [9.17, 15) is 4.79 Å². The summed E-state index contributed by atoms with van der Waals surface area (Å²) in [5, 5.41) is 3.03. The first-order valence-corrected chi connectivity index (χ1v) is 8.76. The van der Waals surface area contributed by atoms with Gasteiger partial charge in [0.15, 0.2) is 0 Å². The van der Waals surface area contributed by atoms with E-state index in [1.54, 1.807) is 0 Å². The van der Waals surface area contributed by atoms with Gasteiger partial charge in [-0.2, -0.15) is 0 Å². The third-order valence-corrected chi connectivity index (χ3v) is 4.80. The zero-order chi connectivity index (χ0) is 15.9. The lowest BCUT2D eigenvalue weighted by Gasteiger charge is -2.37. The summed E-state index contributed by atoms with van der Waals surface area (Å²) in [7, 11) is 0. The van der Waals surface area contributed by atoms with E-state index < -0.39 is 0 Å². The van der Waals surface area contributed by atoms with Crippen molar-refractivity contribution in [3.63, 3.8) is 0 Å². The van der Waals surface area contributed by atoms with Crippen LogP contribution in [-0.2, 0) is 4.74 Å². The topological polar surface area (TPSA) is 44.8 Å². The lowest BCUT2D eigenvalue weighted by atomic mass is 9.99. The first-order chi connectivity index (χ1) is 11.3. The Hall–Kier alpha value is -1.59. The van der Waals surface area contributed by atoms with E-state index in [1.807, 2.05) is 35.2 Å². The molecular weight excluding hydrogens is 290 g/mol. The number of hydrogen-bond acceptors (Lipinski definition) is 3. The highest BCUT2D eigenvalue weighted by Crippen LogP contribution is 2.21. The highest BCUT2D eigenvalue weighted by atomic mass is 16.5. The number of benzene rings is 1. The molecular formula is C18H27N3O2. The molecule has 126 valence electrons. The van der Waals surface area contributed by atoms with Gasteiger partial charge in [-0.25, -0.2) is 4.79 Å². The number of piperidine rings is 1. The van der Waals surface area contributed by atoms with Gasteiger partial charge in [0.1, 0.15) is 0 Å². The molecule has 23 heavy (non-hydrogen) atoms. The number of nitrogens with zero attached hydrogens (tertiary/aromatic N) is 2. The molecule has 2 heterocycles. The number of hydrogen-bond donors (Lipinski definition) is 1. The van der Waals surface area contributed by atoms with E-state index in [-0.39, 0.29) is 6.03 Å². The highest BCUT2D eigenvalue weighted by molar-refractivity contribution is 5.89. The fourth-order valence-electron chi connectivity index (χ4n) is 3.44. The summed E-state index contributed by atoms with van der Waals surface area (Å²) >= 11 is 0. The fraction of sp³-hybridized carbons (Fsp3) is 0.611. The summed E-state index contributed by atoms with van der Waals surface area (Å²) in [6.07, 6.45) is 4.51. The number of ether oxygens (including phenoxy) is 1. The lowest BCUT2D eigenvalue weighted by molar-refractivity contribution is 0.0329. The molecule has 5 nitrogen and oxygen atoms in total. The summed E-state index contributed by atoms with van der Waals surface area (Å²) in [6.45, 7) is 5.63. The van der Waals surface area contributed by atoms with Gasteiger partial charge >= 0.3 is 6.03 Å². The number of para-hydroxylation sites is 1. The smallest absolute Gasteiger partial charge is 0.322 e. The number of carbonyl (C=O) groups excluding carboxylic acids is 1. The van der Waals surface area contributed by atoms with Crippen LogP contribution in [0.4, 0.5) is 10.5 Å². The van der Waals surface area contributed by atoms with Gasteiger partial charge < -0.3 is 15.0 Å². The molecule has 0 bridgehead atoms. The average Bonchev–Trinajstić information content (AvgIpc) is 2.62. The molecule has 0 spiro atoms. The molecule has 0 aliphatic carbocycles. The molecule has 1 N–H and O–H groups in total. The molecule has 3 rings (SSSR count). The minimum atomic E-state index is 0.0443. The van der Waals surface area contributed by atoms with Crippen LogP contribution in [0.15, 0.2) is 30.3 Å². The molecule has 0 unspecified atom stereocenters. The number of amides is 2. The van der Waals surface area contributed by atoms with E-state index in [1.165, 1.54) is 6.42 Å². The largest absolute Gasteiger partial charge is 0.379 e. The van der Waals surface area contributed by atoms with Crippen LogP contribution < -0.4 is 5.32 Å². The van der Waals surface area contributed by atoms with Crippen molar-refractivity contribution < 1.29 is 9.53 Å². The van der Waals surface area contributed by atoms with Crippen molar-refractivity contribution in [1.82, 2.24) is 9.80 Å². The molecule has 2 fully saturated rings. The molecule has 0 aromatic heterocycles. The highest BCUT2D eigenvalue weighted by Gasteiger charge is 2.27. The number of carbonyl (C=O) groups is 1. The number of nitrogens with one attached hydrogen (secondary N) is 1. The number of morpholine rings is 1. The summed E-state index contributed by atoms with van der Waals surface area (Å²) in [5.41, 5.74) is 0.870. The van der Waals surface area contributed by atoms with Crippen LogP contribution in [0.25, 0.3) is 0 Å². The first-order valence-electron chi connectivity index (χ1n) is 8.76. The normalized spacial score (nSPS) is 22.8. The maximum Gasteiger partial charge on any atom is 0.322 e. The van der Waals surface area contributed by atoms with Crippen LogP contribution in [0.5, 0.6) is 0 Å². The average molecular weight is 317 g/mol. The van der Waals surface area contributed by atoms with Gasteiger partial charge in [-0.15, -0.1) is 0 Å². The van der Waals surface area contributed by atoms with Gasteiger partial charge in [0, 0.05) is 37.9 Å². The number of anilines is 1. The van der Waals surface area contributed by atoms with Crippen molar-refractivity contribution in [2.45, 2.75) is 31.7 Å². The zero-order valence-electron chi connectivity index (χ0n) is 13.7. The van der Waals surface area contributed by atoms with Gasteiger partial charge in [-0.05, 0) is 37.8 Å². The molecule has 0 saturated carbocycles. The summed E-state index contributed by atoms with van der Waals surface area (Å²) < 4.78 is 5.40. The van der Waals surface area contributed by atoms with Crippen molar-refractivity contribution in [2.75, 3.05) is 44.7 Å². The molecule has 0 radical (unpaired) electrons. The minimum Gasteiger partial charge on any atom is -0.379 e. The quantitative estimate of drug-likeness (QED) is 0.929. The van der Waals surface area contributed by atoms with Gasteiger partial charge in [0.25, 0.3) is 0 Å². The molecule has 1 aromatic carbocycles. The van der Waals surface area contributed by atoms with E-state index >= 15 is 0 Å². The van der Waals surface area contributed by atoms with Crippen LogP contribution in [0, 0.1) is 0 Å². The number of urea groups is 1. The minimum absolute atomic E-state index is 0.0443. The third kappa shape index (κ3) is 4.69. The Balaban J connectivity index is 1.53. The summed E-state index contributed by atoms with van der Waals surface area (Å²) in [5.74, 6) is 0. The van der Waals surface area contributed by atoms with Crippen LogP contribution in [0.2, 0.25) is 0 Å². The van der Waals surface area contributed by atoms with Crippen molar-refractivity contribution in [1.29, 1.82) is 0 Å². The monoisotopic (exact) mass is 317 g/mol. The van der Waals surface area contributed by atoms with Gasteiger partial charge in [-0.3, -0.25) is 4.90 Å². The zero-order valence-corrected chi connectivity index (χ0v) is 13.7. The van der Waals surface area contributed by atoms with Crippen LogP contribution in [0.1, 0.15) is 25.7 Å². The fourth-order valence-corrected chi connectivity index (χ4v) is 3.44. The summed E-state index contributed by atoms with van der Waals surface area (Å²) in [6, 6.07) is 10.1. The number of rotatable bonds is 4. The van der Waals surface area contributed by atoms with Crippen LogP contribution in [0.3, 0.4) is 0 Å². The predicted molar refractivity (Wildman–Crippen MR) is 91.7 cm³/mol. The maximum atomic E-state index is 12.6. The van der Waals surface area contributed by atoms with Crippen LogP contribution in [-0.4, -0.2) is 61.3 Å². The Labute approximate surface area is 138 Å². The summed E-state index contributed by atoms with van der Waals surface area (Å²) in [4.78, 5) is 17.1. The van der Waals surface area contributed by atoms with E-state index in [0.29, 0.717) is 6.04 Å². The molecule has 2 amide bonds. The second-order valence-corrected chi connectivity index (χ2v) is 6.38. The van der Waals surface area contributed by atoms with Gasteiger partial charge in [0.05, 0.1) is 13.2 Å². The Kier molecular flexibility index (Phi) is 5.88. The van der Waals surface area contributed by atoms with E-state index in [2.05, 4.69) is 10.2 Å².